The molecule has 1 aliphatic rings. The van der Waals surface area contributed by atoms with Gasteiger partial charge in [0.15, 0.2) is 5.82 Å². The fourth-order valence-electron chi connectivity index (χ4n) is 2.86. The van der Waals surface area contributed by atoms with Gasteiger partial charge < -0.3 is 0 Å². The van der Waals surface area contributed by atoms with E-state index in [1.165, 1.54) is 22.9 Å². The Bertz CT molecular complexity index is 872. The SMILES string of the molecule is Cc1cc(-c2nc(Cl)c3c4c(sc3n2)CCC4)ccc1F. The van der Waals surface area contributed by atoms with E-state index >= 15 is 0 Å². The van der Waals surface area contributed by atoms with Crippen LogP contribution in [0.1, 0.15) is 22.4 Å². The monoisotopic (exact) mass is 318 g/mol. The van der Waals surface area contributed by atoms with Gasteiger partial charge in [-0.2, -0.15) is 0 Å². The van der Waals surface area contributed by atoms with Crippen LogP contribution in [-0.2, 0) is 12.8 Å². The summed E-state index contributed by atoms with van der Waals surface area (Å²) in [5.41, 5.74) is 2.70. The van der Waals surface area contributed by atoms with E-state index < -0.39 is 0 Å². The number of rotatable bonds is 1. The lowest BCUT2D eigenvalue weighted by atomic mass is 10.1. The lowest BCUT2D eigenvalue weighted by Crippen LogP contribution is -1.92. The predicted octanol–water partition coefficient (Wildman–Crippen LogP) is 4.95. The van der Waals surface area contributed by atoms with Crippen molar-refractivity contribution < 1.29 is 4.39 Å². The van der Waals surface area contributed by atoms with Crippen LogP contribution in [0.3, 0.4) is 0 Å². The second-order valence-corrected chi connectivity index (χ2v) is 6.78. The molecule has 0 amide bonds. The zero-order valence-corrected chi connectivity index (χ0v) is 13.0. The van der Waals surface area contributed by atoms with Crippen molar-refractivity contribution in [2.75, 3.05) is 0 Å². The van der Waals surface area contributed by atoms with Gasteiger partial charge in [0.05, 0.1) is 5.39 Å². The first-order valence-electron chi connectivity index (χ1n) is 6.88. The van der Waals surface area contributed by atoms with Gasteiger partial charge >= 0.3 is 0 Å². The molecule has 4 rings (SSSR count). The van der Waals surface area contributed by atoms with Crippen LogP contribution in [0.5, 0.6) is 0 Å². The molecule has 0 saturated carbocycles. The lowest BCUT2D eigenvalue weighted by molar-refractivity contribution is 0.618. The summed E-state index contributed by atoms with van der Waals surface area (Å²) in [6.07, 6.45) is 3.36. The summed E-state index contributed by atoms with van der Waals surface area (Å²) < 4.78 is 13.4. The number of aromatic nitrogens is 2. The molecule has 2 heterocycles. The molecule has 3 aromatic rings. The maximum atomic E-state index is 13.4. The third kappa shape index (κ3) is 2.05. The largest absolute Gasteiger partial charge is 0.217 e. The summed E-state index contributed by atoms with van der Waals surface area (Å²) in [6.45, 7) is 1.73. The van der Waals surface area contributed by atoms with Crippen LogP contribution >= 0.6 is 22.9 Å². The fourth-order valence-corrected chi connectivity index (χ4v) is 4.47. The molecule has 5 heteroatoms. The van der Waals surface area contributed by atoms with Crippen molar-refractivity contribution in [3.05, 3.63) is 45.2 Å². The molecule has 0 atom stereocenters. The van der Waals surface area contributed by atoms with E-state index in [0.717, 1.165) is 28.6 Å². The maximum Gasteiger partial charge on any atom is 0.162 e. The first-order chi connectivity index (χ1) is 10.1. The summed E-state index contributed by atoms with van der Waals surface area (Å²) in [4.78, 5) is 11.4. The number of thiophene rings is 1. The van der Waals surface area contributed by atoms with Gasteiger partial charge in [0.2, 0.25) is 0 Å². The van der Waals surface area contributed by atoms with Crippen LogP contribution in [-0.4, -0.2) is 9.97 Å². The van der Waals surface area contributed by atoms with Crippen LogP contribution in [0.4, 0.5) is 4.39 Å². The molecule has 2 nitrogen and oxygen atoms in total. The van der Waals surface area contributed by atoms with Crippen molar-refractivity contribution in [1.29, 1.82) is 0 Å². The van der Waals surface area contributed by atoms with Crippen molar-refractivity contribution in [2.45, 2.75) is 26.2 Å². The summed E-state index contributed by atoms with van der Waals surface area (Å²) >= 11 is 8.10. The molecule has 1 aromatic carbocycles. The average molecular weight is 319 g/mol. The number of benzene rings is 1. The third-order valence-electron chi connectivity index (χ3n) is 3.94. The standard InChI is InChI=1S/C16H12ClFN2S/c1-8-7-9(5-6-11(8)18)15-19-14(17)13-10-3-2-4-12(10)21-16(13)20-15/h5-7H,2-4H2,1H3. The molecule has 0 N–H and O–H groups in total. The highest BCUT2D eigenvalue weighted by Gasteiger charge is 2.22. The second kappa shape index (κ2) is 4.75. The van der Waals surface area contributed by atoms with Crippen LogP contribution in [0.15, 0.2) is 18.2 Å². The average Bonchev–Trinajstić information content (AvgIpc) is 3.01. The van der Waals surface area contributed by atoms with Gasteiger partial charge in [0.25, 0.3) is 0 Å². The van der Waals surface area contributed by atoms with Crippen molar-refractivity contribution >= 4 is 33.2 Å². The molecule has 0 radical (unpaired) electrons. The van der Waals surface area contributed by atoms with Crippen LogP contribution in [0, 0.1) is 12.7 Å². The topological polar surface area (TPSA) is 25.8 Å². The third-order valence-corrected chi connectivity index (χ3v) is 5.40. The molecule has 0 bridgehead atoms. The van der Waals surface area contributed by atoms with Gasteiger partial charge in [-0.3, -0.25) is 0 Å². The number of nitrogens with zero attached hydrogens (tertiary/aromatic N) is 2. The van der Waals surface area contributed by atoms with Gasteiger partial charge in [-0.15, -0.1) is 11.3 Å². The van der Waals surface area contributed by atoms with E-state index in [2.05, 4.69) is 9.97 Å². The first-order valence-corrected chi connectivity index (χ1v) is 8.07. The predicted molar refractivity (Wildman–Crippen MR) is 84.6 cm³/mol. The lowest BCUT2D eigenvalue weighted by Gasteiger charge is -2.04. The van der Waals surface area contributed by atoms with Gasteiger partial charge in [-0.25, -0.2) is 14.4 Å². The molecule has 1 aliphatic carbocycles. The number of aryl methyl sites for hydroxylation is 3. The molecule has 21 heavy (non-hydrogen) atoms. The van der Waals surface area contributed by atoms with E-state index in [0.29, 0.717) is 16.5 Å². The molecule has 0 aliphatic heterocycles. The van der Waals surface area contributed by atoms with Gasteiger partial charge in [0, 0.05) is 10.4 Å². The molecule has 106 valence electrons. The highest BCUT2D eigenvalue weighted by molar-refractivity contribution is 7.19. The Morgan fingerprint density at radius 1 is 1.24 bits per heavy atom. The summed E-state index contributed by atoms with van der Waals surface area (Å²) in [5, 5.41) is 1.52. The minimum atomic E-state index is -0.221. The van der Waals surface area contributed by atoms with Crippen molar-refractivity contribution in [3.63, 3.8) is 0 Å². The minimum absolute atomic E-state index is 0.221. The summed E-state index contributed by atoms with van der Waals surface area (Å²) in [7, 11) is 0. The molecule has 0 spiro atoms. The molecule has 2 aromatic heterocycles. The fraction of sp³-hybridized carbons (Fsp3) is 0.250. The van der Waals surface area contributed by atoms with E-state index in [-0.39, 0.29) is 5.82 Å². The van der Waals surface area contributed by atoms with Crippen molar-refractivity contribution in [1.82, 2.24) is 9.97 Å². The van der Waals surface area contributed by atoms with E-state index in [1.807, 2.05) is 0 Å². The smallest absolute Gasteiger partial charge is 0.162 e. The van der Waals surface area contributed by atoms with E-state index in [4.69, 9.17) is 11.6 Å². The zero-order valence-electron chi connectivity index (χ0n) is 11.4. The van der Waals surface area contributed by atoms with Crippen molar-refractivity contribution in [2.24, 2.45) is 0 Å². The highest BCUT2D eigenvalue weighted by Crippen LogP contribution is 2.40. The number of hydrogen-bond acceptors (Lipinski definition) is 3. The first kappa shape index (κ1) is 13.2. The summed E-state index contributed by atoms with van der Waals surface area (Å²) in [6, 6.07) is 4.90. The Hall–Kier alpha value is -1.52. The van der Waals surface area contributed by atoms with E-state index in [1.54, 1.807) is 30.4 Å². The number of hydrogen-bond donors (Lipinski definition) is 0. The Kier molecular flexibility index (Phi) is 2.98. The summed E-state index contributed by atoms with van der Waals surface area (Å²) in [5.74, 6) is 0.344. The molecule has 0 saturated heterocycles. The Morgan fingerprint density at radius 2 is 2.10 bits per heavy atom. The molecule has 0 unspecified atom stereocenters. The number of halogens is 2. The van der Waals surface area contributed by atoms with Crippen molar-refractivity contribution in [3.8, 4) is 11.4 Å². The minimum Gasteiger partial charge on any atom is -0.217 e. The Morgan fingerprint density at radius 3 is 2.90 bits per heavy atom. The van der Waals surface area contributed by atoms with Gasteiger partial charge in [0.1, 0.15) is 15.8 Å². The molecular formula is C16H12ClFN2S. The Balaban J connectivity index is 1.92. The molecular weight excluding hydrogens is 307 g/mol. The normalized spacial score (nSPS) is 13.9. The van der Waals surface area contributed by atoms with E-state index in [9.17, 15) is 4.39 Å². The van der Waals surface area contributed by atoms with Crippen LogP contribution < -0.4 is 0 Å². The second-order valence-electron chi connectivity index (χ2n) is 5.34. The Labute approximate surface area is 130 Å². The highest BCUT2D eigenvalue weighted by atomic mass is 35.5. The molecule has 0 fully saturated rings. The van der Waals surface area contributed by atoms with Crippen LogP contribution in [0.25, 0.3) is 21.6 Å². The zero-order chi connectivity index (χ0) is 14.6. The van der Waals surface area contributed by atoms with Gasteiger partial charge in [-0.05, 0) is 55.5 Å². The number of fused-ring (bicyclic) bond motifs is 3. The van der Waals surface area contributed by atoms with Crippen LogP contribution in [0.2, 0.25) is 5.15 Å². The quantitative estimate of drug-likeness (QED) is 0.593. The maximum absolute atomic E-state index is 13.4. The van der Waals surface area contributed by atoms with Gasteiger partial charge in [-0.1, -0.05) is 11.6 Å².